The van der Waals surface area contributed by atoms with Gasteiger partial charge in [0, 0.05) is 17.5 Å². The van der Waals surface area contributed by atoms with Crippen LogP contribution in [0.2, 0.25) is 0 Å². The molecule has 136 valence electrons. The molecule has 0 spiro atoms. The predicted molar refractivity (Wildman–Crippen MR) is 111 cm³/mol. The molecule has 0 aliphatic carbocycles. The van der Waals surface area contributed by atoms with Crippen LogP contribution in [0.1, 0.15) is 30.9 Å². The van der Waals surface area contributed by atoms with E-state index < -0.39 is 0 Å². The van der Waals surface area contributed by atoms with Gasteiger partial charge in [0.15, 0.2) is 0 Å². The lowest BCUT2D eigenvalue weighted by atomic mass is 9.99. The van der Waals surface area contributed by atoms with E-state index in [0.717, 1.165) is 32.7 Å². The van der Waals surface area contributed by atoms with Gasteiger partial charge in [0.1, 0.15) is 22.8 Å². The number of thiophene rings is 1. The van der Waals surface area contributed by atoms with Gasteiger partial charge >= 0.3 is 0 Å². The summed E-state index contributed by atoms with van der Waals surface area (Å²) in [5, 5.41) is 6.54. The molecule has 4 aromatic rings. The van der Waals surface area contributed by atoms with E-state index in [2.05, 4.69) is 58.8 Å². The van der Waals surface area contributed by atoms with E-state index in [4.69, 9.17) is 0 Å². The monoisotopic (exact) mass is 377 g/mol. The molecule has 4 rings (SSSR count). The van der Waals surface area contributed by atoms with Crippen molar-refractivity contribution in [3.63, 3.8) is 0 Å². The standard InChI is InChI=1S/C22H20FN3S/c1-14(2)16-5-7-17(8-6-16)19-12-27-22-20(19)21(25-13-26-22)24-11-15-3-9-18(23)10-4-15/h3-10,12-14H,11H2,1-2H3,(H,24,25,26). The van der Waals surface area contributed by atoms with Gasteiger partial charge in [-0.15, -0.1) is 11.3 Å². The molecule has 0 saturated heterocycles. The van der Waals surface area contributed by atoms with E-state index in [1.807, 2.05) is 0 Å². The van der Waals surface area contributed by atoms with Crippen LogP contribution in [-0.4, -0.2) is 9.97 Å². The Kier molecular flexibility index (Phi) is 4.86. The molecule has 27 heavy (non-hydrogen) atoms. The molecule has 0 aliphatic heterocycles. The van der Waals surface area contributed by atoms with Gasteiger partial charge in [0.05, 0.1) is 5.39 Å². The third kappa shape index (κ3) is 3.69. The second-order valence-electron chi connectivity index (χ2n) is 6.81. The van der Waals surface area contributed by atoms with Crippen LogP contribution in [0, 0.1) is 5.82 Å². The van der Waals surface area contributed by atoms with E-state index >= 15 is 0 Å². The summed E-state index contributed by atoms with van der Waals surface area (Å²) < 4.78 is 13.1. The van der Waals surface area contributed by atoms with Crippen LogP contribution in [0.4, 0.5) is 10.2 Å². The Labute approximate surface area is 161 Å². The number of rotatable bonds is 5. The number of anilines is 1. The molecule has 0 aliphatic rings. The lowest BCUT2D eigenvalue weighted by molar-refractivity contribution is 0.627. The molecule has 0 saturated carbocycles. The SMILES string of the molecule is CC(C)c1ccc(-c2csc3ncnc(NCc4ccc(F)cc4)c23)cc1. The lowest BCUT2D eigenvalue weighted by Gasteiger charge is -2.10. The van der Waals surface area contributed by atoms with E-state index in [9.17, 15) is 4.39 Å². The van der Waals surface area contributed by atoms with Crippen molar-refractivity contribution >= 4 is 27.4 Å². The highest BCUT2D eigenvalue weighted by Gasteiger charge is 2.13. The number of aromatic nitrogens is 2. The Hall–Kier alpha value is -2.79. The van der Waals surface area contributed by atoms with Crippen molar-refractivity contribution in [2.24, 2.45) is 0 Å². The fraction of sp³-hybridized carbons (Fsp3) is 0.182. The molecular weight excluding hydrogens is 357 g/mol. The van der Waals surface area contributed by atoms with Crippen LogP contribution in [0.5, 0.6) is 0 Å². The first-order chi connectivity index (χ1) is 13.1. The summed E-state index contributed by atoms with van der Waals surface area (Å²) in [7, 11) is 0. The molecule has 3 nitrogen and oxygen atoms in total. The van der Waals surface area contributed by atoms with Crippen molar-refractivity contribution < 1.29 is 4.39 Å². The number of hydrogen-bond acceptors (Lipinski definition) is 4. The summed E-state index contributed by atoms with van der Waals surface area (Å²) in [6.45, 7) is 4.97. The largest absolute Gasteiger partial charge is 0.365 e. The average molecular weight is 377 g/mol. The first-order valence-electron chi connectivity index (χ1n) is 8.92. The smallest absolute Gasteiger partial charge is 0.139 e. The maximum Gasteiger partial charge on any atom is 0.139 e. The Bertz CT molecular complexity index is 1050. The molecule has 5 heteroatoms. The number of hydrogen-bond donors (Lipinski definition) is 1. The maximum atomic E-state index is 13.1. The zero-order valence-electron chi connectivity index (χ0n) is 15.2. The van der Waals surface area contributed by atoms with E-state index in [-0.39, 0.29) is 5.82 Å². The third-order valence-electron chi connectivity index (χ3n) is 4.63. The van der Waals surface area contributed by atoms with Crippen molar-refractivity contribution in [2.45, 2.75) is 26.3 Å². The Morgan fingerprint density at radius 1 is 1.00 bits per heavy atom. The quantitative estimate of drug-likeness (QED) is 0.448. The summed E-state index contributed by atoms with van der Waals surface area (Å²) in [6.07, 6.45) is 1.58. The summed E-state index contributed by atoms with van der Waals surface area (Å²) >= 11 is 1.62. The second kappa shape index (κ2) is 7.45. The lowest BCUT2D eigenvalue weighted by Crippen LogP contribution is -2.02. The minimum atomic E-state index is -0.229. The van der Waals surface area contributed by atoms with Crippen molar-refractivity contribution in [3.8, 4) is 11.1 Å². The number of nitrogens with zero attached hydrogens (tertiary/aromatic N) is 2. The molecular formula is C22H20FN3S. The topological polar surface area (TPSA) is 37.8 Å². The normalized spacial score (nSPS) is 11.3. The molecule has 2 aromatic carbocycles. The van der Waals surface area contributed by atoms with E-state index in [1.54, 1.807) is 29.8 Å². The van der Waals surface area contributed by atoms with Gasteiger partial charge in [-0.2, -0.15) is 0 Å². The fourth-order valence-corrected chi connectivity index (χ4v) is 3.97. The van der Waals surface area contributed by atoms with Crippen molar-refractivity contribution in [1.29, 1.82) is 0 Å². The molecule has 2 heterocycles. The zero-order chi connectivity index (χ0) is 18.8. The maximum absolute atomic E-state index is 13.1. The molecule has 0 atom stereocenters. The summed E-state index contributed by atoms with van der Waals surface area (Å²) in [6, 6.07) is 15.2. The van der Waals surface area contributed by atoms with E-state index in [1.165, 1.54) is 17.7 Å². The van der Waals surface area contributed by atoms with E-state index in [0.29, 0.717) is 12.5 Å². The second-order valence-corrected chi connectivity index (χ2v) is 7.67. The minimum Gasteiger partial charge on any atom is -0.365 e. The van der Waals surface area contributed by atoms with Gasteiger partial charge < -0.3 is 5.32 Å². The highest BCUT2D eigenvalue weighted by atomic mass is 32.1. The number of halogens is 1. The van der Waals surface area contributed by atoms with Crippen LogP contribution >= 0.6 is 11.3 Å². The van der Waals surface area contributed by atoms with Crippen LogP contribution in [0.25, 0.3) is 21.3 Å². The predicted octanol–water partition coefficient (Wildman–Crippen LogP) is 6.23. The summed E-state index contributed by atoms with van der Waals surface area (Å²) in [5.74, 6) is 1.08. The minimum absolute atomic E-state index is 0.229. The molecule has 0 unspecified atom stereocenters. The Morgan fingerprint density at radius 2 is 1.74 bits per heavy atom. The van der Waals surface area contributed by atoms with Gasteiger partial charge in [-0.05, 0) is 34.7 Å². The Morgan fingerprint density at radius 3 is 2.44 bits per heavy atom. The van der Waals surface area contributed by atoms with Gasteiger partial charge in [-0.25, -0.2) is 14.4 Å². The van der Waals surface area contributed by atoms with Gasteiger partial charge in [-0.3, -0.25) is 0 Å². The summed E-state index contributed by atoms with van der Waals surface area (Å²) in [4.78, 5) is 9.83. The highest BCUT2D eigenvalue weighted by molar-refractivity contribution is 7.17. The molecule has 2 aromatic heterocycles. The number of benzene rings is 2. The van der Waals surface area contributed by atoms with Gasteiger partial charge in [-0.1, -0.05) is 50.2 Å². The molecule has 0 radical (unpaired) electrons. The Balaban J connectivity index is 1.67. The van der Waals surface area contributed by atoms with Crippen molar-refractivity contribution in [1.82, 2.24) is 9.97 Å². The summed E-state index contributed by atoms with van der Waals surface area (Å²) in [5.41, 5.74) is 4.61. The first-order valence-corrected chi connectivity index (χ1v) is 9.80. The molecule has 1 N–H and O–H groups in total. The molecule has 0 fully saturated rings. The fourth-order valence-electron chi connectivity index (χ4n) is 3.06. The number of nitrogens with one attached hydrogen (secondary N) is 1. The third-order valence-corrected chi connectivity index (χ3v) is 5.52. The molecule has 0 amide bonds. The highest BCUT2D eigenvalue weighted by Crippen LogP contribution is 2.37. The van der Waals surface area contributed by atoms with Gasteiger partial charge in [0.25, 0.3) is 0 Å². The van der Waals surface area contributed by atoms with Crippen LogP contribution in [0.3, 0.4) is 0 Å². The molecule has 0 bridgehead atoms. The first kappa shape index (κ1) is 17.6. The van der Waals surface area contributed by atoms with Crippen LogP contribution in [0.15, 0.2) is 60.2 Å². The average Bonchev–Trinajstić information content (AvgIpc) is 3.12. The van der Waals surface area contributed by atoms with Gasteiger partial charge in [0.2, 0.25) is 0 Å². The van der Waals surface area contributed by atoms with Crippen LogP contribution in [-0.2, 0) is 6.54 Å². The van der Waals surface area contributed by atoms with Crippen molar-refractivity contribution in [3.05, 3.63) is 77.2 Å². The van der Waals surface area contributed by atoms with Crippen molar-refractivity contribution in [2.75, 3.05) is 5.32 Å². The number of fused-ring (bicyclic) bond motifs is 1. The van der Waals surface area contributed by atoms with Crippen LogP contribution < -0.4 is 5.32 Å². The zero-order valence-corrected chi connectivity index (χ0v) is 16.1.